The van der Waals surface area contributed by atoms with Crippen molar-refractivity contribution in [1.82, 2.24) is 0 Å². The Morgan fingerprint density at radius 1 is 1.67 bits per heavy atom. The summed E-state index contributed by atoms with van der Waals surface area (Å²) in [5, 5.41) is 8.38. The second kappa shape index (κ2) is 4.72. The minimum atomic E-state index is -0.877. The molecule has 0 radical (unpaired) electrons. The number of hydrogen-bond acceptors (Lipinski definition) is 3. The van der Waals surface area contributed by atoms with Crippen molar-refractivity contribution in [3.8, 4) is 0 Å². The first-order valence-electron chi connectivity index (χ1n) is 4.09. The van der Waals surface area contributed by atoms with Gasteiger partial charge < -0.3 is 9.84 Å². The fraction of sp³-hybridized carbons (Fsp3) is 0.875. The highest BCUT2D eigenvalue weighted by Crippen LogP contribution is 2.24. The van der Waals surface area contributed by atoms with Crippen LogP contribution in [-0.4, -0.2) is 35.3 Å². The van der Waals surface area contributed by atoms with Crippen LogP contribution < -0.4 is 0 Å². The van der Waals surface area contributed by atoms with Crippen LogP contribution in [0.4, 0.5) is 0 Å². The lowest BCUT2D eigenvalue weighted by Crippen LogP contribution is -2.27. The van der Waals surface area contributed by atoms with Crippen LogP contribution in [0.3, 0.4) is 0 Å². The van der Waals surface area contributed by atoms with Gasteiger partial charge in [-0.25, -0.2) is 4.79 Å². The first-order chi connectivity index (χ1) is 5.68. The van der Waals surface area contributed by atoms with Gasteiger partial charge in [-0.2, -0.15) is 11.8 Å². The van der Waals surface area contributed by atoms with Crippen LogP contribution >= 0.6 is 11.8 Å². The number of rotatable bonds is 3. The maximum atomic E-state index is 10.2. The highest BCUT2D eigenvalue weighted by Gasteiger charge is 2.20. The molecular weight excluding hydrogens is 176 g/mol. The Balaban J connectivity index is 2.18. The van der Waals surface area contributed by atoms with E-state index in [0.717, 1.165) is 12.2 Å². The Morgan fingerprint density at radius 3 is 3.00 bits per heavy atom. The molecule has 1 rings (SSSR count). The van der Waals surface area contributed by atoms with Gasteiger partial charge in [0.05, 0.1) is 6.10 Å². The molecule has 1 fully saturated rings. The highest BCUT2D eigenvalue weighted by atomic mass is 32.2. The fourth-order valence-electron chi connectivity index (χ4n) is 1.29. The molecule has 0 aromatic carbocycles. The van der Waals surface area contributed by atoms with Gasteiger partial charge in [-0.3, -0.25) is 0 Å². The van der Waals surface area contributed by atoms with E-state index in [1.165, 1.54) is 5.75 Å². The lowest BCUT2D eigenvalue weighted by molar-refractivity contribution is -0.144. The van der Waals surface area contributed by atoms with Gasteiger partial charge in [-0.15, -0.1) is 0 Å². The van der Waals surface area contributed by atoms with Gasteiger partial charge >= 0.3 is 5.97 Å². The van der Waals surface area contributed by atoms with E-state index in [-0.39, 0.29) is 12.7 Å². The molecule has 0 amide bonds. The number of ether oxygens (including phenoxy) is 1. The van der Waals surface area contributed by atoms with E-state index >= 15 is 0 Å². The van der Waals surface area contributed by atoms with Crippen molar-refractivity contribution in [2.75, 3.05) is 18.1 Å². The van der Waals surface area contributed by atoms with Gasteiger partial charge in [0.25, 0.3) is 0 Å². The molecule has 0 spiro atoms. The Bertz CT molecular complexity index is 160. The summed E-state index contributed by atoms with van der Waals surface area (Å²) in [6, 6.07) is 0. The topological polar surface area (TPSA) is 46.5 Å². The van der Waals surface area contributed by atoms with Gasteiger partial charge in [-0.05, 0) is 18.1 Å². The van der Waals surface area contributed by atoms with E-state index < -0.39 is 5.97 Å². The van der Waals surface area contributed by atoms with Crippen LogP contribution in [-0.2, 0) is 9.53 Å². The standard InChI is InChI=1S/C8H14O3S/c1-6-2-7(5-12-4-6)11-3-8(9)10/h6-7H,2-5H2,1H3,(H,9,10). The van der Waals surface area contributed by atoms with Crippen LogP contribution in [0.1, 0.15) is 13.3 Å². The monoisotopic (exact) mass is 190 g/mol. The van der Waals surface area contributed by atoms with Crippen molar-refractivity contribution in [2.24, 2.45) is 5.92 Å². The molecule has 0 aromatic heterocycles. The van der Waals surface area contributed by atoms with E-state index in [2.05, 4.69) is 6.92 Å². The maximum absolute atomic E-state index is 10.2. The number of carboxylic acids is 1. The predicted molar refractivity (Wildman–Crippen MR) is 48.5 cm³/mol. The van der Waals surface area contributed by atoms with E-state index in [1.54, 1.807) is 0 Å². The van der Waals surface area contributed by atoms with Crippen molar-refractivity contribution in [3.63, 3.8) is 0 Å². The highest BCUT2D eigenvalue weighted by molar-refractivity contribution is 7.99. The molecule has 0 aliphatic carbocycles. The van der Waals surface area contributed by atoms with E-state index in [4.69, 9.17) is 9.84 Å². The van der Waals surface area contributed by atoms with Crippen LogP contribution in [0.15, 0.2) is 0 Å². The first-order valence-corrected chi connectivity index (χ1v) is 5.25. The third-order valence-electron chi connectivity index (χ3n) is 1.81. The molecule has 1 saturated heterocycles. The van der Waals surface area contributed by atoms with Crippen LogP contribution in [0.2, 0.25) is 0 Å². The van der Waals surface area contributed by atoms with Gasteiger partial charge in [0.1, 0.15) is 6.61 Å². The smallest absolute Gasteiger partial charge is 0.329 e. The molecule has 3 nitrogen and oxygen atoms in total. The van der Waals surface area contributed by atoms with Crippen LogP contribution in [0.25, 0.3) is 0 Å². The minimum Gasteiger partial charge on any atom is -0.480 e. The van der Waals surface area contributed by atoms with Crippen molar-refractivity contribution < 1.29 is 14.6 Å². The zero-order valence-electron chi connectivity index (χ0n) is 7.16. The molecule has 2 unspecified atom stereocenters. The summed E-state index contributed by atoms with van der Waals surface area (Å²) in [5.41, 5.74) is 0. The second-order valence-corrected chi connectivity index (χ2v) is 4.28. The summed E-state index contributed by atoms with van der Waals surface area (Å²) in [5.74, 6) is 1.89. The normalized spacial score (nSPS) is 30.1. The number of hydrogen-bond donors (Lipinski definition) is 1. The molecule has 1 aliphatic heterocycles. The largest absolute Gasteiger partial charge is 0.480 e. The average molecular weight is 190 g/mol. The van der Waals surface area contributed by atoms with E-state index in [9.17, 15) is 4.79 Å². The Hall–Kier alpha value is -0.220. The molecule has 1 aliphatic rings. The van der Waals surface area contributed by atoms with Crippen molar-refractivity contribution in [2.45, 2.75) is 19.4 Å². The lowest BCUT2D eigenvalue weighted by atomic mass is 10.1. The lowest BCUT2D eigenvalue weighted by Gasteiger charge is -2.25. The molecule has 70 valence electrons. The first kappa shape index (κ1) is 9.86. The zero-order chi connectivity index (χ0) is 8.97. The van der Waals surface area contributed by atoms with Crippen molar-refractivity contribution >= 4 is 17.7 Å². The molecule has 4 heteroatoms. The molecule has 0 saturated carbocycles. The maximum Gasteiger partial charge on any atom is 0.329 e. The van der Waals surface area contributed by atoms with Crippen LogP contribution in [0.5, 0.6) is 0 Å². The van der Waals surface area contributed by atoms with Crippen LogP contribution in [0, 0.1) is 5.92 Å². The molecule has 12 heavy (non-hydrogen) atoms. The second-order valence-electron chi connectivity index (χ2n) is 3.21. The SMILES string of the molecule is CC1CSCC(OCC(=O)O)C1. The van der Waals surface area contributed by atoms with Crippen molar-refractivity contribution in [1.29, 1.82) is 0 Å². The summed E-state index contributed by atoms with van der Waals surface area (Å²) in [7, 11) is 0. The van der Waals surface area contributed by atoms with Gasteiger partial charge in [-0.1, -0.05) is 6.92 Å². The molecule has 1 heterocycles. The molecule has 0 aromatic rings. The van der Waals surface area contributed by atoms with Crippen molar-refractivity contribution in [3.05, 3.63) is 0 Å². The quantitative estimate of drug-likeness (QED) is 0.727. The zero-order valence-corrected chi connectivity index (χ0v) is 7.97. The fourth-order valence-corrected chi connectivity index (χ4v) is 2.46. The van der Waals surface area contributed by atoms with E-state index in [0.29, 0.717) is 5.92 Å². The summed E-state index contributed by atoms with van der Waals surface area (Å²) in [6.45, 7) is 2.02. The molecule has 0 bridgehead atoms. The van der Waals surface area contributed by atoms with Gasteiger partial charge in [0.2, 0.25) is 0 Å². The summed E-state index contributed by atoms with van der Waals surface area (Å²) in [4.78, 5) is 10.2. The Morgan fingerprint density at radius 2 is 2.42 bits per heavy atom. The molecule has 1 N–H and O–H groups in total. The third kappa shape index (κ3) is 3.45. The number of carboxylic acid groups (broad SMARTS) is 1. The summed E-state index contributed by atoms with van der Waals surface area (Å²) in [6.07, 6.45) is 1.15. The minimum absolute atomic E-state index is 0.148. The number of carbonyl (C=O) groups is 1. The van der Waals surface area contributed by atoms with E-state index in [1.807, 2.05) is 11.8 Å². The number of aliphatic carboxylic acids is 1. The average Bonchev–Trinajstić information content (AvgIpc) is 2.01. The van der Waals surface area contributed by atoms with Gasteiger partial charge in [0.15, 0.2) is 0 Å². The predicted octanol–water partition coefficient (Wildman–Crippen LogP) is 1.23. The Kier molecular flexibility index (Phi) is 3.88. The molecule has 2 atom stereocenters. The third-order valence-corrected chi connectivity index (χ3v) is 3.23. The summed E-state index contributed by atoms with van der Waals surface area (Å²) >= 11 is 1.84. The van der Waals surface area contributed by atoms with Gasteiger partial charge in [0, 0.05) is 5.75 Å². The Labute approximate surface area is 76.5 Å². The summed E-state index contributed by atoms with van der Waals surface area (Å²) < 4.78 is 5.19. The number of thioether (sulfide) groups is 1. The molecular formula is C8H14O3S.